The van der Waals surface area contributed by atoms with Crippen molar-refractivity contribution in [1.29, 1.82) is 0 Å². The molecule has 2 aromatic rings. The van der Waals surface area contributed by atoms with Crippen LogP contribution in [0, 0.1) is 0 Å². The first-order valence-corrected chi connectivity index (χ1v) is 10.7. The highest BCUT2D eigenvalue weighted by Gasteiger charge is 2.37. The zero-order valence-corrected chi connectivity index (χ0v) is 16.7. The predicted octanol–water partition coefficient (Wildman–Crippen LogP) is 1.93. The van der Waals surface area contributed by atoms with Crippen molar-refractivity contribution < 1.29 is 18.0 Å². The second-order valence-corrected chi connectivity index (χ2v) is 8.73. The Labute approximate surface area is 170 Å². The fraction of sp³-hybridized carbons (Fsp3) is 0.238. The van der Waals surface area contributed by atoms with Gasteiger partial charge in [-0.05, 0) is 42.3 Å². The van der Waals surface area contributed by atoms with Gasteiger partial charge in [-0.3, -0.25) is 9.59 Å². The molecule has 0 saturated carbocycles. The Balaban J connectivity index is 1.52. The maximum atomic E-state index is 12.6. The number of nitrogens with one attached hydrogen (secondary N) is 2. The van der Waals surface area contributed by atoms with Crippen molar-refractivity contribution in [3.8, 4) is 0 Å². The quantitative estimate of drug-likeness (QED) is 0.647. The fourth-order valence-electron chi connectivity index (χ4n) is 2.97. The average Bonchev–Trinajstić information content (AvgIpc) is 2.69. The number of carbonyl (C=O) groups is 2. The zero-order chi connectivity index (χ0) is 20.9. The van der Waals surface area contributed by atoms with E-state index in [4.69, 9.17) is 0 Å². The first kappa shape index (κ1) is 20.8. The lowest BCUT2D eigenvalue weighted by atomic mass is 10.1. The zero-order valence-electron chi connectivity index (χ0n) is 15.9. The van der Waals surface area contributed by atoms with Crippen LogP contribution in [0.15, 0.2) is 72.1 Å². The number of amides is 2. The molecule has 1 aliphatic heterocycles. The van der Waals surface area contributed by atoms with E-state index in [1.54, 1.807) is 12.1 Å². The number of sulfonamides is 1. The van der Waals surface area contributed by atoms with Crippen molar-refractivity contribution in [2.45, 2.75) is 23.8 Å². The van der Waals surface area contributed by atoms with Gasteiger partial charge in [-0.15, -0.1) is 0 Å². The summed E-state index contributed by atoms with van der Waals surface area (Å²) >= 11 is 0. The molecule has 0 radical (unpaired) electrons. The molecular weight excluding hydrogens is 390 g/mol. The molecule has 2 amide bonds. The van der Waals surface area contributed by atoms with Crippen LogP contribution in [0.4, 0.5) is 5.69 Å². The van der Waals surface area contributed by atoms with Crippen LogP contribution in [0.3, 0.4) is 0 Å². The van der Waals surface area contributed by atoms with Gasteiger partial charge in [0.25, 0.3) is 0 Å². The van der Waals surface area contributed by atoms with Gasteiger partial charge in [0.05, 0.1) is 10.9 Å². The number of rotatable bonds is 8. The predicted molar refractivity (Wildman–Crippen MR) is 111 cm³/mol. The molecule has 152 valence electrons. The van der Waals surface area contributed by atoms with Crippen molar-refractivity contribution >= 4 is 27.5 Å². The Kier molecular flexibility index (Phi) is 6.46. The Morgan fingerprint density at radius 1 is 1.07 bits per heavy atom. The molecule has 0 unspecified atom stereocenters. The Hall–Kier alpha value is -2.97. The summed E-state index contributed by atoms with van der Waals surface area (Å²) in [4.78, 5) is 23.5. The minimum atomic E-state index is -3.63. The summed E-state index contributed by atoms with van der Waals surface area (Å²) in [6.45, 7) is 3.81. The number of benzene rings is 2. The summed E-state index contributed by atoms with van der Waals surface area (Å²) < 4.78 is 26.5. The standard InChI is InChI=1S/C21H23N3O4S/c1-2-20(25)23-18-14-24(15-18)29(27,28)19-11-9-17(10-12-19)22-21(26)13-8-16-6-4-3-5-7-16/h2-7,9-12,18H,1,8,13-15H2,(H,22,26)(H,23,25). The van der Waals surface area contributed by atoms with Gasteiger partial charge < -0.3 is 10.6 Å². The number of aryl methyl sites for hydroxylation is 1. The van der Waals surface area contributed by atoms with Crippen LogP contribution in [0.2, 0.25) is 0 Å². The maximum Gasteiger partial charge on any atom is 0.243 e. The highest BCUT2D eigenvalue weighted by atomic mass is 32.2. The molecule has 0 bridgehead atoms. The minimum absolute atomic E-state index is 0.131. The number of anilines is 1. The van der Waals surface area contributed by atoms with Crippen LogP contribution >= 0.6 is 0 Å². The van der Waals surface area contributed by atoms with E-state index in [1.165, 1.54) is 16.4 Å². The Morgan fingerprint density at radius 2 is 1.72 bits per heavy atom. The van der Waals surface area contributed by atoms with E-state index < -0.39 is 10.0 Å². The summed E-state index contributed by atoms with van der Waals surface area (Å²) in [6.07, 6.45) is 2.14. The summed E-state index contributed by atoms with van der Waals surface area (Å²) in [5, 5.41) is 5.44. The van der Waals surface area contributed by atoms with Crippen LogP contribution in [0.5, 0.6) is 0 Å². The summed E-state index contributed by atoms with van der Waals surface area (Å²) in [7, 11) is -3.63. The van der Waals surface area contributed by atoms with Gasteiger partial charge in [-0.25, -0.2) is 8.42 Å². The molecule has 2 aromatic carbocycles. The van der Waals surface area contributed by atoms with E-state index in [0.29, 0.717) is 18.5 Å². The molecule has 8 heteroatoms. The summed E-state index contributed by atoms with van der Waals surface area (Å²) in [6, 6.07) is 15.6. The molecule has 7 nitrogen and oxygen atoms in total. The third kappa shape index (κ3) is 5.30. The second-order valence-electron chi connectivity index (χ2n) is 6.79. The molecular formula is C21H23N3O4S. The van der Waals surface area contributed by atoms with E-state index >= 15 is 0 Å². The molecule has 0 atom stereocenters. The molecule has 2 N–H and O–H groups in total. The number of nitrogens with zero attached hydrogens (tertiary/aromatic N) is 1. The highest BCUT2D eigenvalue weighted by Crippen LogP contribution is 2.23. The van der Waals surface area contributed by atoms with Crippen LogP contribution in [0.1, 0.15) is 12.0 Å². The second kappa shape index (κ2) is 9.02. The third-order valence-electron chi connectivity index (χ3n) is 4.64. The number of hydrogen-bond acceptors (Lipinski definition) is 4. The van der Waals surface area contributed by atoms with Crippen molar-refractivity contribution in [2.24, 2.45) is 0 Å². The molecule has 3 rings (SSSR count). The fourth-order valence-corrected chi connectivity index (χ4v) is 4.50. The number of hydrogen-bond donors (Lipinski definition) is 2. The van der Waals surface area contributed by atoms with E-state index in [0.717, 1.165) is 11.6 Å². The van der Waals surface area contributed by atoms with Crippen LogP contribution < -0.4 is 10.6 Å². The molecule has 29 heavy (non-hydrogen) atoms. The van der Waals surface area contributed by atoms with E-state index in [2.05, 4.69) is 17.2 Å². The minimum Gasteiger partial charge on any atom is -0.347 e. The number of carbonyl (C=O) groups excluding carboxylic acids is 2. The SMILES string of the molecule is C=CC(=O)NC1CN(S(=O)(=O)c2ccc(NC(=O)CCc3ccccc3)cc2)C1. The summed E-state index contributed by atoms with van der Waals surface area (Å²) in [5.41, 5.74) is 1.63. The normalized spacial score (nSPS) is 14.6. The van der Waals surface area contributed by atoms with Crippen LogP contribution in [-0.2, 0) is 26.0 Å². The van der Waals surface area contributed by atoms with E-state index in [-0.39, 0.29) is 35.8 Å². The molecule has 1 fully saturated rings. The van der Waals surface area contributed by atoms with Crippen molar-refractivity contribution in [3.05, 3.63) is 72.8 Å². The van der Waals surface area contributed by atoms with Crippen molar-refractivity contribution in [3.63, 3.8) is 0 Å². The molecule has 1 aliphatic rings. The van der Waals surface area contributed by atoms with Gasteiger partial charge in [0.15, 0.2) is 0 Å². The van der Waals surface area contributed by atoms with Gasteiger partial charge in [0.1, 0.15) is 0 Å². The molecule has 0 aliphatic carbocycles. The summed E-state index contributed by atoms with van der Waals surface area (Å²) in [5.74, 6) is -0.451. The molecule has 1 saturated heterocycles. The van der Waals surface area contributed by atoms with E-state index in [9.17, 15) is 18.0 Å². The largest absolute Gasteiger partial charge is 0.347 e. The molecule has 0 aromatic heterocycles. The monoisotopic (exact) mass is 413 g/mol. The third-order valence-corrected chi connectivity index (χ3v) is 6.49. The van der Waals surface area contributed by atoms with Gasteiger partial charge in [-0.1, -0.05) is 36.9 Å². The molecule has 0 spiro atoms. The highest BCUT2D eigenvalue weighted by molar-refractivity contribution is 7.89. The van der Waals surface area contributed by atoms with Gasteiger partial charge in [-0.2, -0.15) is 4.31 Å². The smallest absolute Gasteiger partial charge is 0.243 e. The maximum absolute atomic E-state index is 12.6. The van der Waals surface area contributed by atoms with Crippen molar-refractivity contribution in [1.82, 2.24) is 9.62 Å². The van der Waals surface area contributed by atoms with Crippen molar-refractivity contribution in [2.75, 3.05) is 18.4 Å². The Morgan fingerprint density at radius 3 is 2.34 bits per heavy atom. The average molecular weight is 413 g/mol. The van der Waals surface area contributed by atoms with Crippen LogP contribution in [-0.4, -0.2) is 43.7 Å². The van der Waals surface area contributed by atoms with E-state index in [1.807, 2.05) is 30.3 Å². The van der Waals surface area contributed by atoms with Crippen LogP contribution in [0.25, 0.3) is 0 Å². The lowest BCUT2D eigenvalue weighted by molar-refractivity contribution is -0.118. The van der Waals surface area contributed by atoms with Gasteiger partial charge in [0, 0.05) is 25.2 Å². The molecule has 1 heterocycles. The lowest BCUT2D eigenvalue weighted by Gasteiger charge is -2.38. The van der Waals surface area contributed by atoms with Gasteiger partial charge in [0.2, 0.25) is 21.8 Å². The Bertz CT molecular complexity index is 982. The topological polar surface area (TPSA) is 95.6 Å². The van der Waals surface area contributed by atoms with Gasteiger partial charge >= 0.3 is 0 Å². The first-order chi connectivity index (χ1) is 13.9. The first-order valence-electron chi connectivity index (χ1n) is 9.25. The lowest BCUT2D eigenvalue weighted by Crippen LogP contribution is -2.60.